The number of rotatable bonds is 6. The molecule has 184 valence electrons. The van der Waals surface area contributed by atoms with Crippen molar-refractivity contribution in [3.63, 3.8) is 0 Å². The molecule has 7 heteroatoms. The summed E-state index contributed by atoms with van der Waals surface area (Å²) in [7, 11) is 0. The number of pyridine rings is 2. The van der Waals surface area contributed by atoms with Crippen molar-refractivity contribution in [3.05, 3.63) is 129 Å². The molecule has 1 aliphatic heterocycles. The summed E-state index contributed by atoms with van der Waals surface area (Å²) in [5.74, 6) is -0.477. The van der Waals surface area contributed by atoms with E-state index in [0.717, 1.165) is 17.0 Å². The average Bonchev–Trinajstić information content (AvgIpc) is 2.99. The van der Waals surface area contributed by atoms with E-state index in [9.17, 15) is 14.4 Å². The third kappa shape index (κ3) is 5.34. The molecule has 37 heavy (non-hydrogen) atoms. The molecule has 1 amide bonds. The molecule has 2 aromatic carbocycles. The number of aryl methyl sites for hydroxylation is 1. The molecule has 5 rings (SSSR count). The van der Waals surface area contributed by atoms with Crippen LogP contribution < -0.4 is 0 Å². The molecule has 0 radical (unpaired) electrons. The lowest BCUT2D eigenvalue weighted by Crippen LogP contribution is -2.44. The molecule has 2 aromatic heterocycles. The van der Waals surface area contributed by atoms with Crippen molar-refractivity contribution in [1.29, 1.82) is 0 Å². The predicted octanol–water partition coefficient (Wildman–Crippen LogP) is 5.05. The highest BCUT2D eigenvalue weighted by atomic mass is 35.5. The summed E-state index contributed by atoms with van der Waals surface area (Å²) in [6.45, 7) is 2.05. The lowest BCUT2D eigenvalue weighted by molar-refractivity contribution is -0.122. The number of carbonyl (C=O) groups excluding carboxylic acids is 3. The van der Waals surface area contributed by atoms with Gasteiger partial charge in [-0.25, -0.2) is 4.98 Å². The molecule has 0 N–H and O–H groups in total. The summed E-state index contributed by atoms with van der Waals surface area (Å²) in [5, 5.41) is 0.484. The van der Waals surface area contributed by atoms with Crippen LogP contribution in [0, 0.1) is 6.92 Å². The van der Waals surface area contributed by atoms with Gasteiger partial charge in [-0.05, 0) is 60.5 Å². The third-order valence-electron chi connectivity index (χ3n) is 6.49. The third-order valence-corrected chi connectivity index (χ3v) is 6.72. The van der Waals surface area contributed by atoms with Gasteiger partial charge in [0.05, 0.1) is 6.04 Å². The van der Waals surface area contributed by atoms with Gasteiger partial charge in [-0.3, -0.25) is 19.4 Å². The van der Waals surface area contributed by atoms with Gasteiger partial charge in [0.15, 0.2) is 5.78 Å². The number of carbonyl (C=O) groups is 3. The zero-order valence-corrected chi connectivity index (χ0v) is 21.0. The Hall–Kier alpha value is -4.16. The van der Waals surface area contributed by atoms with Crippen LogP contribution in [0.5, 0.6) is 0 Å². The number of nitrogens with zero attached hydrogens (tertiary/aromatic N) is 3. The molecule has 0 aliphatic carbocycles. The van der Waals surface area contributed by atoms with Crippen molar-refractivity contribution in [2.75, 3.05) is 0 Å². The summed E-state index contributed by atoms with van der Waals surface area (Å²) in [4.78, 5) is 50.4. The Morgan fingerprint density at radius 1 is 1.00 bits per heavy atom. The summed E-state index contributed by atoms with van der Waals surface area (Å²) in [5.41, 5.74) is 4.29. The SMILES string of the molecule is Cc1cccc(C(=O)c2ccc(CN3C(=O)c4ccc(Cl)cc4CC(=O)[C@H]3Cc3ccccn3)cc2)n1. The van der Waals surface area contributed by atoms with Gasteiger partial charge in [-0.15, -0.1) is 0 Å². The zero-order valence-electron chi connectivity index (χ0n) is 20.2. The fraction of sp³-hybridized carbons (Fsp3) is 0.167. The standard InChI is InChI=1S/C30H24ClN3O3/c1-19-5-4-7-26(33-19)29(36)21-10-8-20(9-11-21)18-34-27(17-24-6-2-3-14-32-24)28(35)16-22-15-23(31)12-13-25(22)30(34)37/h2-15,27H,16-18H2,1H3/t27-/m1/s1. The van der Waals surface area contributed by atoms with Crippen molar-refractivity contribution in [2.45, 2.75) is 32.4 Å². The molecule has 0 fully saturated rings. The Balaban J connectivity index is 1.46. The van der Waals surface area contributed by atoms with E-state index in [1.165, 1.54) is 0 Å². The Labute approximate surface area is 220 Å². The van der Waals surface area contributed by atoms with E-state index in [2.05, 4.69) is 9.97 Å². The van der Waals surface area contributed by atoms with Crippen molar-refractivity contribution >= 4 is 29.1 Å². The second kappa shape index (κ2) is 10.4. The first kappa shape index (κ1) is 24.5. The maximum atomic E-state index is 13.7. The van der Waals surface area contributed by atoms with Crippen LogP contribution in [-0.2, 0) is 24.2 Å². The zero-order chi connectivity index (χ0) is 25.9. The highest BCUT2D eigenvalue weighted by molar-refractivity contribution is 6.30. The van der Waals surface area contributed by atoms with E-state index in [4.69, 9.17) is 11.6 Å². The van der Waals surface area contributed by atoms with Crippen LogP contribution in [-0.4, -0.2) is 38.4 Å². The Bertz CT molecular complexity index is 1490. The maximum Gasteiger partial charge on any atom is 0.255 e. The number of benzene rings is 2. The molecular weight excluding hydrogens is 486 g/mol. The lowest BCUT2D eigenvalue weighted by Gasteiger charge is -2.29. The largest absolute Gasteiger partial charge is 0.324 e. The quantitative estimate of drug-likeness (QED) is 0.340. The van der Waals surface area contributed by atoms with Gasteiger partial charge in [0.2, 0.25) is 5.78 Å². The average molecular weight is 510 g/mol. The van der Waals surface area contributed by atoms with E-state index in [0.29, 0.717) is 33.8 Å². The summed E-state index contributed by atoms with van der Waals surface area (Å²) < 4.78 is 0. The van der Waals surface area contributed by atoms with E-state index in [1.54, 1.807) is 53.6 Å². The highest BCUT2D eigenvalue weighted by Gasteiger charge is 2.35. The second-order valence-corrected chi connectivity index (χ2v) is 9.55. The van der Waals surface area contributed by atoms with E-state index >= 15 is 0 Å². The minimum atomic E-state index is -0.689. The summed E-state index contributed by atoms with van der Waals surface area (Å²) in [6.07, 6.45) is 2.10. The van der Waals surface area contributed by atoms with Crippen molar-refractivity contribution in [1.82, 2.24) is 14.9 Å². The van der Waals surface area contributed by atoms with Crippen LogP contribution in [0.25, 0.3) is 0 Å². The first-order chi connectivity index (χ1) is 17.9. The number of hydrogen-bond acceptors (Lipinski definition) is 5. The van der Waals surface area contributed by atoms with E-state index < -0.39 is 6.04 Å². The number of Topliss-reactive ketones (excluding diaryl/α,β-unsaturated/α-hetero) is 1. The van der Waals surface area contributed by atoms with Crippen molar-refractivity contribution in [2.24, 2.45) is 0 Å². The fourth-order valence-corrected chi connectivity index (χ4v) is 4.79. The number of aromatic nitrogens is 2. The van der Waals surface area contributed by atoms with Gasteiger partial charge in [0, 0.05) is 53.1 Å². The molecule has 0 spiro atoms. The minimum absolute atomic E-state index is 0.0719. The summed E-state index contributed by atoms with van der Waals surface area (Å²) in [6, 6.07) is 22.3. The molecule has 0 unspecified atom stereocenters. The van der Waals surface area contributed by atoms with Crippen LogP contribution in [0.4, 0.5) is 0 Å². The Kier molecular flexibility index (Phi) is 6.93. The van der Waals surface area contributed by atoms with Gasteiger partial charge in [0.1, 0.15) is 5.69 Å². The molecule has 1 atom stereocenters. The van der Waals surface area contributed by atoms with Crippen LogP contribution in [0.1, 0.15) is 48.9 Å². The molecule has 0 saturated heterocycles. The van der Waals surface area contributed by atoms with Crippen LogP contribution in [0.2, 0.25) is 5.02 Å². The first-order valence-corrected chi connectivity index (χ1v) is 12.4. The predicted molar refractivity (Wildman–Crippen MR) is 141 cm³/mol. The first-order valence-electron chi connectivity index (χ1n) is 12.0. The number of fused-ring (bicyclic) bond motifs is 1. The van der Waals surface area contributed by atoms with Crippen molar-refractivity contribution < 1.29 is 14.4 Å². The van der Waals surface area contributed by atoms with Gasteiger partial charge >= 0.3 is 0 Å². The second-order valence-electron chi connectivity index (χ2n) is 9.11. The van der Waals surface area contributed by atoms with Crippen LogP contribution in [0.3, 0.4) is 0 Å². The minimum Gasteiger partial charge on any atom is -0.324 e. The molecule has 1 aliphatic rings. The van der Waals surface area contributed by atoms with Gasteiger partial charge in [-0.2, -0.15) is 0 Å². The molecule has 6 nitrogen and oxygen atoms in total. The Morgan fingerprint density at radius 3 is 2.54 bits per heavy atom. The monoisotopic (exact) mass is 509 g/mol. The number of amides is 1. The molecule has 0 bridgehead atoms. The van der Waals surface area contributed by atoms with Gasteiger partial charge in [-0.1, -0.05) is 48.0 Å². The molecular formula is C30H24ClN3O3. The summed E-state index contributed by atoms with van der Waals surface area (Å²) >= 11 is 6.17. The van der Waals surface area contributed by atoms with Gasteiger partial charge < -0.3 is 4.90 Å². The topological polar surface area (TPSA) is 80.2 Å². The van der Waals surface area contributed by atoms with Crippen LogP contribution >= 0.6 is 11.6 Å². The highest BCUT2D eigenvalue weighted by Crippen LogP contribution is 2.27. The Morgan fingerprint density at radius 2 is 1.81 bits per heavy atom. The van der Waals surface area contributed by atoms with Gasteiger partial charge in [0.25, 0.3) is 5.91 Å². The lowest BCUT2D eigenvalue weighted by atomic mass is 9.99. The fourth-order valence-electron chi connectivity index (χ4n) is 4.59. The number of halogens is 1. The molecule has 3 heterocycles. The maximum absolute atomic E-state index is 13.7. The van der Waals surface area contributed by atoms with Crippen LogP contribution in [0.15, 0.2) is 85.1 Å². The number of hydrogen-bond donors (Lipinski definition) is 0. The van der Waals surface area contributed by atoms with E-state index in [1.807, 2.05) is 43.3 Å². The normalized spacial score (nSPS) is 15.3. The molecule has 4 aromatic rings. The van der Waals surface area contributed by atoms with Crippen molar-refractivity contribution in [3.8, 4) is 0 Å². The van der Waals surface area contributed by atoms with E-state index in [-0.39, 0.29) is 30.4 Å². The molecule has 0 saturated carbocycles. The number of ketones is 2. The smallest absolute Gasteiger partial charge is 0.255 e.